The van der Waals surface area contributed by atoms with Gasteiger partial charge in [0.15, 0.2) is 6.10 Å². The molecule has 2 saturated heterocycles. The summed E-state index contributed by atoms with van der Waals surface area (Å²) in [6, 6.07) is 17.6. The lowest BCUT2D eigenvalue weighted by atomic mass is 10.0. The highest BCUT2D eigenvalue weighted by Gasteiger charge is 2.39. The number of rotatable bonds is 14. The number of alkyl carbamates (subject to hydrolysis) is 1. The minimum absolute atomic E-state index is 0.000401. The average molecular weight is 763 g/mol. The highest BCUT2D eigenvalue weighted by atomic mass is 16.6. The Morgan fingerprint density at radius 2 is 1.36 bits per heavy atom. The summed E-state index contributed by atoms with van der Waals surface area (Å²) in [6.07, 6.45) is 9.06. The molecule has 0 aliphatic carbocycles. The molecule has 3 amide bonds. The van der Waals surface area contributed by atoms with Crippen molar-refractivity contribution in [1.82, 2.24) is 50.1 Å². The molecule has 3 aromatic heterocycles. The van der Waals surface area contributed by atoms with Crippen LogP contribution < -0.4 is 10.6 Å². The van der Waals surface area contributed by atoms with E-state index in [-0.39, 0.29) is 36.5 Å². The molecule has 294 valence electrons. The molecular formula is C41H50N10O5. The van der Waals surface area contributed by atoms with E-state index in [0.717, 1.165) is 71.0 Å². The number of carbonyl (C=O) groups is 3. The van der Waals surface area contributed by atoms with Crippen molar-refractivity contribution in [3.63, 3.8) is 0 Å². The van der Waals surface area contributed by atoms with Gasteiger partial charge < -0.3 is 34.6 Å². The monoisotopic (exact) mass is 762 g/mol. The summed E-state index contributed by atoms with van der Waals surface area (Å²) in [4.78, 5) is 59.3. The van der Waals surface area contributed by atoms with Gasteiger partial charge in [-0.05, 0) is 59.9 Å². The second-order valence-corrected chi connectivity index (χ2v) is 14.6. The number of aromatic nitrogens is 6. The van der Waals surface area contributed by atoms with E-state index in [2.05, 4.69) is 79.2 Å². The fourth-order valence-electron chi connectivity index (χ4n) is 7.64. The van der Waals surface area contributed by atoms with Gasteiger partial charge in [-0.25, -0.2) is 14.8 Å². The molecule has 4 N–H and O–H groups in total. The van der Waals surface area contributed by atoms with Crippen LogP contribution in [-0.4, -0.2) is 104 Å². The second-order valence-electron chi connectivity index (χ2n) is 14.6. The maximum Gasteiger partial charge on any atom is 0.407 e. The zero-order valence-electron chi connectivity index (χ0n) is 32.3. The predicted molar refractivity (Wildman–Crippen MR) is 210 cm³/mol. The topological polar surface area (TPSA) is 175 Å². The van der Waals surface area contributed by atoms with Crippen LogP contribution in [0.4, 0.5) is 4.79 Å². The summed E-state index contributed by atoms with van der Waals surface area (Å²) in [5, 5.41) is 9.94. The second kappa shape index (κ2) is 17.3. The van der Waals surface area contributed by atoms with E-state index >= 15 is 0 Å². The van der Waals surface area contributed by atoms with Gasteiger partial charge in [-0.1, -0.05) is 62.4 Å². The van der Waals surface area contributed by atoms with E-state index in [9.17, 15) is 14.4 Å². The molecule has 15 nitrogen and oxygen atoms in total. The Labute approximate surface area is 326 Å². The van der Waals surface area contributed by atoms with Crippen LogP contribution in [0.1, 0.15) is 63.3 Å². The molecule has 7 rings (SSSR count). The number of hydrogen-bond donors (Lipinski definition) is 4. The van der Waals surface area contributed by atoms with E-state index in [1.807, 2.05) is 37.2 Å². The zero-order chi connectivity index (χ0) is 39.2. The Hall–Kier alpha value is -5.80. The third kappa shape index (κ3) is 8.38. The number of methoxy groups -OCH3 is 1. The predicted octanol–water partition coefficient (Wildman–Crippen LogP) is 5.30. The number of imidazole rings is 2. The molecule has 5 heterocycles. The Kier molecular flexibility index (Phi) is 11.9. The van der Waals surface area contributed by atoms with Crippen LogP contribution in [0, 0.1) is 5.92 Å². The largest absolute Gasteiger partial charge is 0.436 e. The molecular weight excluding hydrogens is 713 g/mol. The normalized spacial score (nSPS) is 18.0. The van der Waals surface area contributed by atoms with Crippen molar-refractivity contribution in [3.05, 3.63) is 91.0 Å². The standard InChI is InChI=1S/C41H50N10O5/c1-26(2)36(56-41(54)42-3)40(53)51-21-6-9-35(51)38-44-23-32(48-38)30-16-12-28(13-17-30)27-10-14-29(15-11-27)31-22-43-37(47-31)34-8-5-20-50(34)39(52)33(45-25-55-4)24-49-19-7-18-46-49/h7,10-19,22-23,26,33-36,45H,5-6,8-9,20-21,24-25H2,1-4H3,(H,42,54)(H,43,47)(H,44,48)/t33-,34-,35-,36-/m0/s1. The maximum absolute atomic E-state index is 13.8. The number of H-pyrrole nitrogens is 2. The van der Waals surface area contributed by atoms with E-state index in [4.69, 9.17) is 14.5 Å². The molecule has 2 aromatic carbocycles. The first kappa shape index (κ1) is 38.5. The Morgan fingerprint density at radius 1 is 0.821 bits per heavy atom. The Balaban J connectivity index is 0.994. The molecule has 4 atom stereocenters. The van der Waals surface area contributed by atoms with Gasteiger partial charge in [-0.15, -0.1) is 0 Å². The van der Waals surface area contributed by atoms with Gasteiger partial charge in [0, 0.05) is 39.6 Å². The molecule has 0 spiro atoms. The summed E-state index contributed by atoms with van der Waals surface area (Å²) >= 11 is 0. The Morgan fingerprint density at radius 3 is 1.84 bits per heavy atom. The molecule has 2 aliphatic heterocycles. The average Bonchev–Trinajstić information content (AvgIpc) is 4.08. The molecule has 0 saturated carbocycles. The number of hydrogen-bond acceptors (Lipinski definition) is 9. The van der Waals surface area contributed by atoms with Crippen molar-refractivity contribution in [2.75, 3.05) is 34.0 Å². The highest BCUT2D eigenvalue weighted by molar-refractivity contribution is 5.84. The van der Waals surface area contributed by atoms with Gasteiger partial charge in [-0.3, -0.25) is 19.6 Å². The zero-order valence-corrected chi connectivity index (χ0v) is 32.3. The maximum atomic E-state index is 13.8. The fraction of sp³-hybridized carbons (Fsp3) is 0.415. The van der Waals surface area contributed by atoms with Crippen LogP contribution in [-0.2, 0) is 25.6 Å². The molecule has 2 aliphatic rings. The van der Waals surface area contributed by atoms with Crippen molar-refractivity contribution >= 4 is 17.9 Å². The van der Waals surface area contributed by atoms with E-state index in [1.165, 1.54) is 7.05 Å². The lowest BCUT2D eigenvalue weighted by Crippen LogP contribution is -2.49. The Bertz CT molecular complexity index is 2080. The van der Waals surface area contributed by atoms with E-state index < -0.39 is 18.2 Å². The van der Waals surface area contributed by atoms with Gasteiger partial charge in [0.05, 0.1) is 49.1 Å². The minimum atomic E-state index is -0.870. The number of nitrogens with zero attached hydrogens (tertiary/aromatic N) is 6. The number of ether oxygens (including phenoxy) is 2. The molecule has 15 heteroatoms. The van der Waals surface area contributed by atoms with Gasteiger partial charge in [0.2, 0.25) is 5.91 Å². The third-order valence-corrected chi connectivity index (χ3v) is 10.6. The highest BCUT2D eigenvalue weighted by Crippen LogP contribution is 2.35. The van der Waals surface area contributed by atoms with Crippen LogP contribution in [0.3, 0.4) is 0 Å². The first-order valence-electron chi connectivity index (χ1n) is 19.2. The van der Waals surface area contributed by atoms with Crippen LogP contribution in [0.2, 0.25) is 0 Å². The molecule has 0 radical (unpaired) electrons. The fourth-order valence-corrected chi connectivity index (χ4v) is 7.64. The first-order chi connectivity index (χ1) is 27.2. The van der Waals surface area contributed by atoms with E-state index in [1.54, 1.807) is 29.1 Å². The van der Waals surface area contributed by atoms with Crippen molar-refractivity contribution in [2.24, 2.45) is 5.92 Å². The number of aromatic amines is 2. The summed E-state index contributed by atoms with van der Waals surface area (Å²) < 4.78 is 12.4. The number of benzene rings is 2. The molecule has 56 heavy (non-hydrogen) atoms. The van der Waals surface area contributed by atoms with Crippen LogP contribution in [0.25, 0.3) is 33.6 Å². The lowest BCUT2D eigenvalue weighted by molar-refractivity contribution is -0.143. The van der Waals surface area contributed by atoms with Gasteiger partial charge in [0.25, 0.3) is 5.91 Å². The number of nitrogens with one attached hydrogen (secondary N) is 4. The quantitative estimate of drug-likeness (QED) is 0.110. The smallest absolute Gasteiger partial charge is 0.407 e. The summed E-state index contributed by atoms with van der Waals surface area (Å²) in [7, 11) is 3.08. The van der Waals surface area contributed by atoms with Crippen LogP contribution in [0.5, 0.6) is 0 Å². The van der Waals surface area contributed by atoms with Crippen molar-refractivity contribution in [2.45, 2.75) is 70.3 Å². The minimum Gasteiger partial charge on any atom is -0.436 e. The third-order valence-electron chi connectivity index (χ3n) is 10.6. The molecule has 5 aromatic rings. The van der Waals surface area contributed by atoms with Gasteiger partial charge >= 0.3 is 6.09 Å². The van der Waals surface area contributed by atoms with E-state index in [0.29, 0.717) is 19.6 Å². The number of carbonyl (C=O) groups excluding carboxylic acids is 3. The van der Waals surface area contributed by atoms with Crippen LogP contribution >= 0.6 is 0 Å². The molecule has 0 bridgehead atoms. The molecule has 2 fully saturated rings. The van der Waals surface area contributed by atoms with Crippen molar-refractivity contribution in [3.8, 4) is 33.6 Å². The molecule has 0 unspecified atom stereocenters. The summed E-state index contributed by atoms with van der Waals surface area (Å²) in [5.74, 6) is 1.12. The van der Waals surface area contributed by atoms with Crippen molar-refractivity contribution < 1.29 is 23.9 Å². The van der Waals surface area contributed by atoms with Gasteiger partial charge in [0.1, 0.15) is 17.7 Å². The van der Waals surface area contributed by atoms with Crippen LogP contribution in [0.15, 0.2) is 79.4 Å². The SMILES string of the molecule is CNC(=O)O[C@H](C(=O)N1CCC[C@H]1c1ncc(-c2ccc(-c3ccc(-c4cnc([C@@H]5CCCN5C(=O)[C@H](Cn5cccn5)NCOC)[nH]4)cc3)cc2)[nH]1)C(C)C. The van der Waals surface area contributed by atoms with Crippen molar-refractivity contribution in [1.29, 1.82) is 0 Å². The lowest BCUT2D eigenvalue weighted by Gasteiger charge is -2.29. The summed E-state index contributed by atoms with van der Waals surface area (Å²) in [6.45, 7) is 5.65. The van der Waals surface area contributed by atoms with Gasteiger partial charge in [-0.2, -0.15) is 5.10 Å². The summed E-state index contributed by atoms with van der Waals surface area (Å²) in [5.41, 5.74) is 5.88. The first-order valence-corrected chi connectivity index (χ1v) is 19.2. The number of likely N-dealkylation sites (tertiary alicyclic amines) is 2. The number of amides is 3.